The third kappa shape index (κ3) is 8.45. The average Bonchev–Trinajstić information content (AvgIpc) is 2.88. The molecule has 0 spiro atoms. The fourth-order valence-corrected chi connectivity index (χ4v) is 3.68. The molecule has 9 heteroatoms. The second-order valence-electron chi connectivity index (χ2n) is 8.43. The summed E-state index contributed by atoms with van der Waals surface area (Å²) in [6, 6.07) is 20.9. The second-order valence-corrected chi connectivity index (χ2v) is 8.43. The monoisotopic (exact) mass is 507 g/mol. The van der Waals surface area contributed by atoms with Gasteiger partial charge in [-0.3, -0.25) is 19.6 Å². The van der Waals surface area contributed by atoms with E-state index in [0.717, 1.165) is 16.7 Å². The van der Waals surface area contributed by atoms with Crippen molar-refractivity contribution in [2.24, 2.45) is 0 Å². The number of phenolic OH excluding ortho intramolecular Hbond substituents is 1. The largest absolute Gasteiger partial charge is 0.508 e. The highest BCUT2D eigenvalue weighted by atomic mass is 16.5. The van der Waals surface area contributed by atoms with Gasteiger partial charge in [0, 0.05) is 6.42 Å². The number of benzene rings is 3. The van der Waals surface area contributed by atoms with Crippen molar-refractivity contribution >= 4 is 17.7 Å². The van der Waals surface area contributed by atoms with E-state index in [1.807, 2.05) is 54.6 Å². The van der Waals surface area contributed by atoms with E-state index < -0.39 is 35.9 Å². The van der Waals surface area contributed by atoms with Crippen molar-refractivity contribution in [3.8, 4) is 16.9 Å². The lowest BCUT2D eigenvalue weighted by Crippen LogP contribution is -2.57. The van der Waals surface area contributed by atoms with Gasteiger partial charge in [0.2, 0.25) is 11.8 Å². The number of aliphatic hydroxyl groups excluding tert-OH is 1. The van der Waals surface area contributed by atoms with Gasteiger partial charge in [-0.25, -0.2) is 5.48 Å². The number of phenols is 1. The van der Waals surface area contributed by atoms with Crippen LogP contribution >= 0.6 is 0 Å². The summed E-state index contributed by atoms with van der Waals surface area (Å²) in [7, 11) is 0. The zero-order chi connectivity index (χ0) is 26.1. The Bertz CT molecular complexity index is 1160. The summed E-state index contributed by atoms with van der Waals surface area (Å²) in [5.41, 5.74) is 4.87. The lowest BCUT2D eigenvalue weighted by molar-refractivity contribution is -0.138. The molecule has 0 aliphatic rings. The lowest BCUT2D eigenvalue weighted by Gasteiger charge is -2.24. The zero-order valence-electron chi connectivity index (χ0n) is 19.7. The molecule has 37 heavy (non-hydrogen) atoms. The van der Waals surface area contributed by atoms with Crippen molar-refractivity contribution in [3.63, 3.8) is 0 Å². The minimum absolute atomic E-state index is 0. The van der Waals surface area contributed by atoms with Crippen LogP contribution < -0.4 is 16.1 Å². The second kappa shape index (κ2) is 13.8. The highest BCUT2D eigenvalue weighted by Crippen LogP contribution is 2.19. The Morgan fingerprint density at radius 3 is 1.92 bits per heavy atom. The van der Waals surface area contributed by atoms with E-state index in [1.165, 1.54) is 24.5 Å². The maximum Gasteiger partial charge on any atom is 0.268 e. The SMILES string of the molecule is C.C[C@@H](O)[C@H](NC(=O)[C@H](Cc1ccc(O)cc1)NC(=O)Cc1ccc(-c2ccccc2)cc1)C(=O)NO. The van der Waals surface area contributed by atoms with Crippen molar-refractivity contribution in [2.45, 2.75) is 45.4 Å². The van der Waals surface area contributed by atoms with E-state index >= 15 is 0 Å². The van der Waals surface area contributed by atoms with Gasteiger partial charge in [0.15, 0.2) is 0 Å². The van der Waals surface area contributed by atoms with Crippen LogP contribution in [0, 0.1) is 0 Å². The molecule has 3 aromatic rings. The molecule has 3 rings (SSSR count). The number of amides is 3. The van der Waals surface area contributed by atoms with Crippen LogP contribution in [0.3, 0.4) is 0 Å². The number of rotatable bonds is 10. The van der Waals surface area contributed by atoms with Crippen molar-refractivity contribution < 1.29 is 29.8 Å². The summed E-state index contributed by atoms with van der Waals surface area (Å²) in [6.07, 6.45) is -1.21. The van der Waals surface area contributed by atoms with Gasteiger partial charge in [0.25, 0.3) is 5.91 Å². The van der Waals surface area contributed by atoms with Crippen LogP contribution in [0.25, 0.3) is 11.1 Å². The number of aromatic hydroxyl groups is 1. The molecule has 9 nitrogen and oxygen atoms in total. The first kappa shape index (κ1) is 29.0. The third-order valence-corrected chi connectivity index (χ3v) is 5.63. The molecule has 0 heterocycles. The first-order chi connectivity index (χ1) is 17.3. The summed E-state index contributed by atoms with van der Waals surface area (Å²) >= 11 is 0. The molecule has 0 saturated carbocycles. The molecule has 0 fully saturated rings. The highest BCUT2D eigenvalue weighted by Gasteiger charge is 2.29. The van der Waals surface area contributed by atoms with E-state index in [4.69, 9.17) is 5.21 Å². The van der Waals surface area contributed by atoms with E-state index in [1.54, 1.807) is 12.1 Å². The average molecular weight is 508 g/mol. The first-order valence-electron chi connectivity index (χ1n) is 11.4. The number of hydrogen-bond acceptors (Lipinski definition) is 6. The van der Waals surface area contributed by atoms with Crippen LogP contribution in [0.1, 0.15) is 25.5 Å². The Balaban J connectivity index is 0.00000481. The van der Waals surface area contributed by atoms with Crippen molar-refractivity contribution in [3.05, 3.63) is 90.0 Å². The zero-order valence-corrected chi connectivity index (χ0v) is 19.7. The van der Waals surface area contributed by atoms with Crippen molar-refractivity contribution in [2.75, 3.05) is 0 Å². The molecule has 0 aliphatic carbocycles. The van der Waals surface area contributed by atoms with E-state index in [-0.39, 0.29) is 26.0 Å². The van der Waals surface area contributed by atoms with E-state index in [0.29, 0.717) is 5.56 Å². The lowest BCUT2D eigenvalue weighted by atomic mass is 10.0. The summed E-state index contributed by atoms with van der Waals surface area (Å²) < 4.78 is 0. The predicted molar refractivity (Wildman–Crippen MR) is 140 cm³/mol. The fraction of sp³-hybridized carbons (Fsp3) is 0.250. The molecule has 0 radical (unpaired) electrons. The van der Waals surface area contributed by atoms with Gasteiger partial charge in [-0.1, -0.05) is 74.2 Å². The maximum atomic E-state index is 13.0. The Hall–Kier alpha value is -4.21. The maximum absolute atomic E-state index is 13.0. The van der Waals surface area contributed by atoms with Gasteiger partial charge >= 0.3 is 0 Å². The quantitative estimate of drug-likeness (QED) is 0.183. The standard InChI is InChI=1S/C27H29N3O6.CH4/c1-17(31)25(27(35)30-36)29-26(34)23(15-18-9-13-22(32)14-10-18)28-24(33)16-19-7-11-21(12-8-19)20-5-3-2-4-6-20;/h2-14,17,23,25,31-32,36H,15-16H2,1H3,(H,28,33)(H,29,34)(H,30,35);1H4/t17-,23+,25+;/m1./s1. The van der Waals surface area contributed by atoms with Crippen LogP contribution in [0.15, 0.2) is 78.9 Å². The fourth-order valence-electron chi connectivity index (χ4n) is 3.68. The topological polar surface area (TPSA) is 148 Å². The van der Waals surface area contributed by atoms with Crippen molar-refractivity contribution in [1.29, 1.82) is 0 Å². The van der Waals surface area contributed by atoms with Crippen LogP contribution in [0.2, 0.25) is 0 Å². The minimum Gasteiger partial charge on any atom is -0.508 e. The van der Waals surface area contributed by atoms with Crippen LogP contribution in [-0.2, 0) is 27.2 Å². The van der Waals surface area contributed by atoms with Gasteiger partial charge < -0.3 is 20.8 Å². The molecule has 0 saturated heterocycles. The van der Waals surface area contributed by atoms with Crippen LogP contribution in [0.4, 0.5) is 0 Å². The number of carbonyl (C=O) groups excluding carboxylic acids is 3. The van der Waals surface area contributed by atoms with E-state index in [2.05, 4.69) is 10.6 Å². The Labute approximate surface area is 216 Å². The molecule has 3 amide bonds. The Morgan fingerprint density at radius 2 is 1.35 bits per heavy atom. The molecule has 196 valence electrons. The van der Waals surface area contributed by atoms with Gasteiger partial charge in [0.1, 0.15) is 17.8 Å². The van der Waals surface area contributed by atoms with Crippen LogP contribution in [0.5, 0.6) is 5.75 Å². The molecule has 6 N–H and O–H groups in total. The normalized spacial score (nSPS) is 12.8. The molecule has 3 aromatic carbocycles. The summed E-state index contributed by atoms with van der Waals surface area (Å²) in [6.45, 7) is 1.28. The minimum atomic E-state index is -1.42. The number of aliphatic hydroxyl groups is 1. The predicted octanol–water partition coefficient (Wildman–Crippen LogP) is 2.34. The molecular formula is C28H33N3O6. The molecule has 0 aliphatic heterocycles. The Kier molecular flexibility index (Phi) is 10.8. The number of nitrogens with one attached hydrogen (secondary N) is 3. The summed E-state index contributed by atoms with van der Waals surface area (Å²) in [4.78, 5) is 37.7. The summed E-state index contributed by atoms with van der Waals surface area (Å²) in [5.74, 6) is -2.07. The molecule has 0 unspecified atom stereocenters. The van der Waals surface area contributed by atoms with Gasteiger partial charge in [-0.2, -0.15) is 0 Å². The number of hydroxylamine groups is 1. The Morgan fingerprint density at radius 1 is 0.784 bits per heavy atom. The van der Waals surface area contributed by atoms with Gasteiger partial charge in [0.05, 0.1) is 12.5 Å². The molecular weight excluding hydrogens is 474 g/mol. The van der Waals surface area contributed by atoms with Gasteiger partial charge in [-0.15, -0.1) is 0 Å². The highest BCUT2D eigenvalue weighted by molar-refractivity contribution is 5.92. The smallest absolute Gasteiger partial charge is 0.268 e. The van der Waals surface area contributed by atoms with Crippen molar-refractivity contribution in [1.82, 2.24) is 16.1 Å². The summed E-state index contributed by atoms with van der Waals surface area (Å²) in [5, 5.41) is 33.3. The molecule has 0 aromatic heterocycles. The van der Waals surface area contributed by atoms with Crippen LogP contribution in [-0.4, -0.2) is 51.3 Å². The van der Waals surface area contributed by atoms with E-state index in [9.17, 15) is 24.6 Å². The first-order valence-corrected chi connectivity index (χ1v) is 11.4. The molecule has 3 atom stereocenters. The van der Waals surface area contributed by atoms with Gasteiger partial charge in [-0.05, 0) is 41.3 Å². The molecule has 0 bridgehead atoms. The number of hydrogen-bond donors (Lipinski definition) is 6. The third-order valence-electron chi connectivity index (χ3n) is 5.63. The number of carbonyl (C=O) groups is 3.